The van der Waals surface area contributed by atoms with E-state index in [1.807, 2.05) is 12.1 Å². The van der Waals surface area contributed by atoms with Gasteiger partial charge in [0.25, 0.3) is 0 Å². The molecule has 0 aliphatic rings. The molecule has 0 saturated carbocycles. The maximum absolute atomic E-state index is 12.4. The van der Waals surface area contributed by atoms with Gasteiger partial charge in [-0.2, -0.15) is 0 Å². The SMILES string of the molecule is CCOC(=O)c1csc(C=Cc2cccc(NC(=O)Cc3ccccc3C(=O)O)c2)n1. The lowest BCUT2D eigenvalue weighted by molar-refractivity contribution is -0.115. The number of carbonyl (C=O) groups is 3. The van der Waals surface area contributed by atoms with Gasteiger partial charge in [-0.3, -0.25) is 4.79 Å². The zero-order valence-corrected chi connectivity index (χ0v) is 17.5. The fraction of sp³-hybridized carbons (Fsp3) is 0.130. The summed E-state index contributed by atoms with van der Waals surface area (Å²) >= 11 is 1.33. The fourth-order valence-corrected chi connectivity index (χ4v) is 3.49. The molecule has 8 heteroatoms. The average molecular weight is 436 g/mol. The molecule has 3 aromatic rings. The van der Waals surface area contributed by atoms with Gasteiger partial charge in [0.2, 0.25) is 5.91 Å². The van der Waals surface area contributed by atoms with Crippen molar-refractivity contribution in [1.82, 2.24) is 4.98 Å². The van der Waals surface area contributed by atoms with Gasteiger partial charge in [0, 0.05) is 11.1 Å². The monoisotopic (exact) mass is 436 g/mol. The van der Waals surface area contributed by atoms with Crippen LogP contribution in [-0.4, -0.2) is 34.5 Å². The van der Waals surface area contributed by atoms with Gasteiger partial charge < -0.3 is 15.2 Å². The number of thiazole rings is 1. The summed E-state index contributed by atoms with van der Waals surface area (Å²) in [7, 11) is 0. The number of aromatic nitrogens is 1. The maximum atomic E-state index is 12.4. The van der Waals surface area contributed by atoms with Gasteiger partial charge in [0.15, 0.2) is 5.69 Å². The molecule has 2 aromatic carbocycles. The summed E-state index contributed by atoms with van der Waals surface area (Å²) < 4.78 is 4.93. The van der Waals surface area contributed by atoms with Gasteiger partial charge in [-0.05, 0) is 42.3 Å². The van der Waals surface area contributed by atoms with E-state index in [4.69, 9.17) is 4.74 Å². The summed E-state index contributed by atoms with van der Waals surface area (Å²) in [5.74, 6) is -1.83. The van der Waals surface area contributed by atoms with Crippen LogP contribution in [-0.2, 0) is 16.0 Å². The largest absolute Gasteiger partial charge is 0.478 e. The Labute approximate surface area is 183 Å². The molecular weight excluding hydrogens is 416 g/mol. The predicted molar refractivity (Wildman–Crippen MR) is 119 cm³/mol. The lowest BCUT2D eigenvalue weighted by atomic mass is 10.0. The molecule has 0 atom stereocenters. The summed E-state index contributed by atoms with van der Waals surface area (Å²) in [4.78, 5) is 39.6. The molecule has 0 saturated heterocycles. The molecule has 0 aliphatic carbocycles. The molecule has 1 aromatic heterocycles. The number of carbonyl (C=O) groups excluding carboxylic acids is 2. The first kappa shape index (κ1) is 21.9. The van der Waals surface area contributed by atoms with Gasteiger partial charge in [0.1, 0.15) is 5.01 Å². The van der Waals surface area contributed by atoms with Crippen LogP contribution in [0.5, 0.6) is 0 Å². The number of esters is 1. The summed E-state index contributed by atoms with van der Waals surface area (Å²) in [6, 6.07) is 13.6. The van der Waals surface area contributed by atoms with Crippen LogP contribution in [0.3, 0.4) is 0 Å². The number of anilines is 1. The number of ether oxygens (including phenoxy) is 1. The van der Waals surface area contributed by atoms with Crippen LogP contribution in [0.1, 0.15) is 43.9 Å². The number of nitrogens with zero attached hydrogens (tertiary/aromatic N) is 1. The minimum Gasteiger partial charge on any atom is -0.478 e. The Morgan fingerprint density at radius 2 is 1.94 bits per heavy atom. The first-order valence-electron chi connectivity index (χ1n) is 9.48. The van der Waals surface area contributed by atoms with Crippen LogP contribution in [0.2, 0.25) is 0 Å². The zero-order chi connectivity index (χ0) is 22.2. The molecule has 2 N–H and O–H groups in total. The maximum Gasteiger partial charge on any atom is 0.357 e. The first-order valence-corrected chi connectivity index (χ1v) is 10.4. The third-order valence-electron chi connectivity index (χ3n) is 4.19. The molecule has 0 aliphatic heterocycles. The van der Waals surface area contributed by atoms with Crippen molar-refractivity contribution in [2.24, 2.45) is 0 Å². The second kappa shape index (κ2) is 10.3. The lowest BCUT2D eigenvalue weighted by Crippen LogP contribution is -2.16. The second-order valence-corrected chi connectivity index (χ2v) is 7.33. The highest BCUT2D eigenvalue weighted by Crippen LogP contribution is 2.17. The van der Waals surface area contributed by atoms with Crippen molar-refractivity contribution < 1.29 is 24.2 Å². The van der Waals surface area contributed by atoms with E-state index in [9.17, 15) is 19.5 Å². The van der Waals surface area contributed by atoms with E-state index in [0.717, 1.165) is 5.56 Å². The van der Waals surface area contributed by atoms with Gasteiger partial charge in [-0.15, -0.1) is 11.3 Å². The van der Waals surface area contributed by atoms with Crippen LogP contribution >= 0.6 is 11.3 Å². The van der Waals surface area contributed by atoms with E-state index in [-0.39, 0.29) is 23.6 Å². The van der Waals surface area contributed by atoms with Crippen molar-refractivity contribution in [2.45, 2.75) is 13.3 Å². The molecule has 7 nitrogen and oxygen atoms in total. The molecule has 31 heavy (non-hydrogen) atoms. The highest BCUT2D eigenvalue weighted by molar-refractivity contribution is 7.10. The zero-order valence-electron chi connectivity index (χ0n) is 16.7. The minimum atomic E-state index is -1.07. The van der Waals surface area contributed by atoms with Crippen molar-refractivity contribution >= 4 is 47.0 Å². The number of rotatable bonds is 8. The summed E-state index contributed by atoms with van der Waals surface area (Å²) in [5, 5.41) is 14.3. The number of aromatic carboxylic acids is 1. The molecule has 0 radical (unpaired) electrons. The summed E-state index contributed by atoms with van der Waals surface area (Å²) in [6.45, 7) is 2.03. The smallest absolute Gasteiger partial charge is 0.357 e. The third kappa shape index (κ3) is 6.10. The number of hydrogen-bond donors (Lipinski definition) is 2. The van der Waals surface area contributed by atoms with Crippen molar-refractivity contribution in [1.29, 1.82) is 0 Å². The number of nitrogens with one attached hydrogen (secondary N) is 1. The Balaban J connectivity index is 1.65. The van der Waals surface area contributed by atoms with E-state index >= 15 is 0 Å². The molecule has 3 rings (SSSR count). The lowest BCUT2D eigenvalue weighted by Gasteiger charge is -2.08. The van der Waals surface area contributed by atoms with Gasteiger partial charge >= 0.3 is 11.9 Å². The molecule has 0 bridgehead atoms. The Hall–Kier alpha value is -3.78. The number of benzene rings is 2. The second-order valence-electron chi connectivity index (χ2n) is 6.44. The Bertz CT molecular complexity index is 1140. The molecule has 0 fully saturated rings. The van der Waals surface area contributed by atoms with E-state index in [0.29, 0.717) is 22.9 Å². The van der Waals surface area contributed by atoms with Crippen molar-refractivity contribution in [3.05, 3.63) is 81.3 Å². The van der Waals surface area contributed by atoms with Crippen molar-refractivity contribution in [2.75, 3.05) is 11.9 Å². The van der Waals surface area contributed by atoms with Gasteiger partial charge in [0.05, 0.1) is 18.6 Å². The van der Waals surface area contributed by atoms with Crippen LogP contribution in [0, 0.1) is 0 Å². The van der Waals surface area contributed by atoms with E-state index < -0.39 is 11.9 Å². The molecule has 0 spiro atoms. The van der Waals surface area contributed by atoms with E-state index in [1.54, 1.807) is 54.8 Å². The average Bonchev–Trinajstić information content (AvgIpc) is 3.22. The summed E-state index contributed by atoms with van der Waals surface area (Å²) in [5.41, 5.74) is 2.25. The molecule has 0 unspecified atom stereocenters. The van der Waals surface area contributed by atoms with Gasteiger partial charge in [-0.1, -0.05) is 36.4 Å². The highest BCUT2D eigenvalue weighted by Gasteiger charge is 2.13. The van der Waals surface area contributed by atoms with E-state index in [1.165, 1.54) is 17.4 Å². The topological polar surface area (TPSA) is 106 Å². The Kier molecular flexibility index (Phi) is 7.29. The van der Waals surface area contributed by atoms with Gasteiger partial charge in [-0.25, -0.2) is 14.6 Å². The quantitative estimate of drug-likeness (QED) is 0.508. The first-order chi connectivity index (χ1) is 15.0. The predicted octanol–water partition coefficient (Wildman–Crippen LogP) is 4.37. The number of carboxylic acids is 1. The van der Waals surface area contributed by atoms with Crippen molar-refractivity contribution in [3.8, 4) is 0 Å². The summed E-state index contributed by atoms with van der Waals surface area (Å²) in [6.07, 6.45) is 3.55. The van der Waals surface area contributed by atoms with Crippen LogP contribution in [0.4, 0.5) is 5.69 Å². The third-order valence-corrected chi connectivity index (χ3v) is 5.00. The van der Waals surface area contributed by atoms with Crippen LogP contribution in [0.15, 0.2) is 53.9 Å². The minimum absolute atomic E-state index is 0.0434. The highest BCUT2D eigenvalue weighted by atomic mass is 32.1. The number of hydrogen-bond acceptors (Lipinski definition) is 6. The number of amides is 1. The Morgan fingerprint density at radius 3 is 2.71 bits per heavy atom. The van der Waals surface area contributed by atoms with Crippen LogP contribution < -0.4 is 5.32 Å². The van der Waals surface area contributed by atoms with E-state index in [2.05, 4.69) is 10.3 Å². The normalized spacial score (nSPS) is 10.7. The molecule has 1 amide bonds. The Morgan fingerprint density at radius 1 is 1.13 bits per heavy atom. The fourth-order valence-electron chi connectivity index (χ4n) is 2.81. The molecule has 1 heterocycles. The standard InChI is InChI=1S/C23H20N2O5S/c1-2-30-23(29)19-14-31-21(25-19)11-10-15-6-5-8-17(12-15)24-20(26)13-16-7-3-4-9-18(16)22(27)28/h3-12,14H,2,13H2,1H3,(H,24,26)(H,27,28). The molecule has 158 valence electrons. The molecular formula is C23H20N2O5S. The van der Waals surface area contributed by atoms with Crippen LogP contribution in [0.25, 0.3) is 12.2 Å². The van der Waals surface area contributed by atoms with Crippen molar-refractivity contribution in [3.63, 3.8) is 0 Å². The number of carboxylic acid groups (broad SMARTS) is 1.